The average Bonchev–Trinajstić information content (AvgIpc) is 1.92. The van der Waals surface area contributed by atoms with E-state index in [9.17, 15) is 8.42 Å². The first kappa shape index (κ1) is 13.3. The van der Waals surface area contributed by atoms with Crippen molar-refractivity contribution in [3.63, 3.8) is 0 Å². The molecule has 0 saturated heterocycles. The fourth-order valence-corrected chi connectivity index (χ4v) is 1.35. The van der Waals surface area contributed by atoms with Crippen LogP contribution in [0.2, 0.25) is 5.02 Å². The van der Waals surface area contributed by atoms with Gasteiger partial charge in [0.25, 0.3) is 10.1 Å². The van der Waals surface area contributed by atoms with E-state index >= 15 is 0 Å². The molecule has 13 heavy (non-hydrogen) atoms. The minimum Gasteiger partial charge on any atom is -0.283 e. The molecule has 0 saturated carbocycles. The van der Waals surface area contributed by atoms with Gasteiger partial charge in [-0.1, -0.05) is 11.9 Å². The number of hydrogen-bond donors (Lipinski definition) is 1. The van der Waals surface area contributed by atoms with E-state index in [1.54, 1.807) is 6.92 Å². The predicted molar refractivity (Wildman–Crippen MR) is 44.8 cm³/mol. The second-order valence-corrected chi connectivity index (χ2v) is 4.10. The molecule has 0 unspecified atom stereocenters. The Morgan fingerprint density at radius 2 is 2.08 bits per heavy atom. The fraction of sp³-hybridized carbons (Fsp3) is 0.143. The van der Waals surface area contributed by atoms with Gasteiger partial charge in [-0.15, -0.1) is 11.6 Å². The fourth-order valence-electron chi connectivity index (χ4n) is 0.705. The van der Waals surface area contributed by atoms with Gasteiger partial charge in [0.05, 0.1) is 0 Å². The Labute approximate surface area is 102 Å². The molecule has 0 aromatic heterocycles. The molecule has 1 rings (SSSR count). The second kappa shape index (κ2) is 4.72. The average molecular weight is 318 g/mol. The van der Waals surface area contributed by atoms with Gasteiger partial charge in [0.2, 0.25) is 0 Å². The van der Waals surface area contributed by atoms with Gasteiger partial charge in [-0.2, -0.15) is 32.2 Å². The van der Waals surface area contributed by atoms with E-state index in [1.807, 2.05) is 0 Å². The number of hydrogen-bond acceptors (Lipinski definition) is 2. The SMILES string of the molecule is Cc1cc(S(=O)(=O)O)[c-]cc1Cl.[Cd]. The van der Waals surface area contributed by atoms with Crippen LogP contribution in [0.1, 0.15) is 5.56 Å². The first-order chi connectivity index (χ1) is 5.41. The Morgan fingerprint density at radius 1 is 1.54 bits per heavy atom. The van der Waals surface area contributed by atoms with Gasteiger partial charge in [0, 0.05) is 27.3 Å². The number of aryl methyl sites for hydroxylation is 1. The topological polar surface area (TPSA) is 54.4 Å². The molecule has 0 radical (unpaired) electrons. The summed E-state index contributed by atoms with van der Waals surface area (Å²) in [6.07, 6.45) is 0. The summed E-state index contributed by atoms with van der Waals surface area (Å²) < 4.78 is 29.8. The van der Waals surface area contributed by atoms with Gasteiger partial charge in [-0.3, -0.25) is 4.55 Å². The molecule has 6 heteroatoms. The molecule has 68 valence electrons. The Hall–Kier alpha value is 0.342. The van der Waals surface area contributed by atoms with Crippen LogP contribution in [0, 0.1) is 13.0 Å². The summed E-state index contributed by atoms with van der Waals surface area (Å²) >= 11 is 5.62. The van der Waals surface area contributed by atoms with Crippen LogP contribution >= 0.6 is 11.6 Å². The monoisotopic (exact) mass is 319 g/mol. The molecular weight excluding hydrogens is 312 g/mol. The maximum atomic E-state index is 10.6. The molecular formula is C7H6CdClO3S-. The van der Waals surface area contributed by atoms with Crippen LogP contribution in [0.5, 0.6) is 0 Å². The van der Waals surface area contributed by atoms with Crippen LogP contribution in [-0.2, 0) is 37.4 Å². The largest absolute Gasteiger partial charge is 0.283 e. The van der Waals surface area contributed by atoms with Crippen molar-refractivity contribution in [2.45, 2.75) is 11.8 Å². The van der Waals surface area contributed by atoms with Crippen LogP contribution < -0.4 is 0 Å². The summed E-state index contributed by atoms with van der Waals surface area (Å²) in [5.41, 5.74) is 0.586. The summed E-state index contributed by atoms with van der Waals surface area (Å²) in [6.45, 7) is 1.64. The minimum atomic E-state index is -4.16. The third-order valence-electron chi connectivity index (χ3n) is 1.34. The summed E-state index contributed by atoms with van der Waals surface area (Å²) in [5.74, 6) is 0. The molecule has 3 nitrogen and oxygen atoms in total. The Balaban J connectivity index is 0.00000144. The summed E-state index contributed by atoms with van der Waals surface area (Å²) in [4.78, 5) is -0.260. The van der Waals surface area contributed by atoms with Gasteiger partial charge < -0.3 is 0 Å². The van der Waals surface area contributed by atoms with Crippen LogP contribution in [-0.4, -0.2) is 13.0 Å². The van der Waals surface area contributed by atoms with Gasteiger partial charge in [-0.25, -0.2) is 0 Å². The molecule has 0 aliphatic heterocycles. The molecule has 0 heterocycles. The van der Waals surface area contributed by atoms with Crippen LogP contribution in [0.25, 0.3) is 0 Å². The molecule has 0 aliphatic rings. The Morgan fingerprint density at radius 3 is 2.46 bits per heavy atom. The summed E-state index contributed by atoms with van der Waals surface area (Å²) in [7, 11) is -4.16. The van der Waals surface area contributed by atoms with Gasteiger partial charge in [0.15, 0.2) is 0 Å². The van der Waals surface area contributed by atoms with Crippen molar-refractivity contribution in [1.29, 1.82) is 0 Å². The van der Waals surface area contributed by atoms with Crippen molar-refractivity contribution < 1.29 is 40.3 Å². The zero-order valence-corrected chi connectivity index (χ0v) is 12.5. The second-order valence-electron chi connectivity index (χ2n) is 2.30. The van der Waals surface area contributed by atoms with Crippen LogP contribution in [0.15, 0.2) is 17.0 Å². The molecule has 0 aliphatic carbocycles. The van der Waals surface area contributed by atoms with Crippen molar-refractivity contribution in [2.24, 2.45) is 0 Å². The van der Waals surface area contributed by atoms with Crippen molar-refractivity contribution in [1.82, 2.24) is 0 Å². The van der Waals surface area contributed by atoms with E-state index in [2.05, 4.69) is 6.07 Å². The standard InChI is InChI=1S/C7H6ClO3S.Cd/c1-5-4-6(12(9,10)11)2-3-7(5)8;/h3-4H,1H3,(H,9,10,11);/q-1;. The van der Waals surface area contributed by atoms with Crippen LogP contribution in [0.3, 0.4) is 0 Å². The first-order valence-electron chi connectivity index (χ1n) is 3.06. The summed E-state index contributed by atoms with van der Waals surface area (Å²) in [5, 5.41) is 0.419. The van der Waals surface area contributed by atoms with Crippen molar-refractivity contribution >= 4 is 21.7 Å². The molecule has 0 bridgehead atoms. The van der Waals surface area contributed by atoms with E-state index in [0.29, 0.717) is 10.6 Å². The number of benzene rings is 1. The quantitative estimate of drug-likeness (QED) is 0.487. The van der Waals surface area contributed by atoms with Gasteiger partial charge in [-0.05, 0) is 4.90 Å². The molecule has 1 aromatic carbocycles. The molecule has 0 spiro atoms. The Bertz CT molecular complexity index is 402. The van der Waals surface area contributed by atoms with Crippen molar-refractivity contribution in [2.75, 3.05) is 0 Å². The zero-order chi connectivity index (χ0) is 9.35. The normalized spacial score (nSPS) is 10.7. The third-order valence-corrected chi connectivity index (χ3v) is 2.54. The number of halogens is 1. The molecule has 0 amide bonds. The molecule has 1 aromatic rings. The van der Waals surface area contributed by atoms with Gasteiger partial charge >= 0.3 is 0 Å². The number of rotatable bonds is 1. The maximum absolute atomic E-state index is 10.6. The van der Waals surface area contributed by atoms with Crippen molar-refractivity contribution in [3.8, 4) is 0 Å². The van der Waals surface area contributed by atoms with E-state index in [1.165, 1.54) is 12.1 Å². The predicted octanol–water partition coefficient (Wildman–Crippen LogP) is 1.69. The molecule has 0 atom stereocenters. The molecule has 0 fully saturated rings. The molecule has 1 N–H and O–H groups in total. The third kappa shape index (κ3) is 3.53. The maximum Gasteiger partial charge on any atom is 0.271 e. The minimum absolute atomic E-state index is 0. The van der Waals surface area contributed by atoms with E-state index < -0.39 is 10.1 Å². The van der Waals surface area contributed by atoms with E-state index in [0.717, 1.165) is 0 Å². The smallest absolute Gasteiger partial charge is 0.271 e. The van der Waals surface area contributed by atoms with Crippen LogP contribution in [0.4, 0.5) is 0 Å². The zero-order valence-electron chi connectivity index (χ0n) is 6.91. The van der Waals surface area contributed by atoms with E-state index in [-0.39, 0.29) is 32.2 Å². The first-order valence-corrected chi connectivity index (χ1v) is 4.88. The van der Waals surface area contributed by atoms with E-state index in [4.69, 9.17) is 16.2 Å². The van der Waals surface area contributed by atoms with Gasteiger partial charge in [0.1, 0.15) is 0 Å². The Kier molecular flexibility index (Phi) is 4.84. The summed E-state index contributed by atoms with van der Waals surface area (Å²) in [6, 6.07) is 4.91. The van der Waals surface area contributed by atoms with Crippen molar-refractivity contribution in [3.05, 3.63) is 28.8 Å².